The van der Waals surface area contributed by atoms with Gasteiger partial charge in [-0.25, -0.2) is 4.98 Å². The van der Waals surface area contributed by atoms with E-state index in [9.17, 15) is 4.79 Å². The Morgan fingerprint density at radius 3 is 2.70 bits per heavy atom. The molecule has 0 radical (unpaired) electrons. The summed E-state index contributed by atoms with van der Waals surface area (Å²) in [5.41, 5.74) is 1.90. The van der Waals surface area contributed by atoms with Crippen LogP contribution >= 0.6 is 0 Å². The van der Waals surface area contributed by atoms with Crippen LogP contribution in [0, 0.1) is 12.8 Å². The third-order valence-electron chi connectivity index (χ3n) is 4.85. The number of aryl methyl sites for hydroxylation is 2. The lowest BCUT2D eigenvalue weighted by Crippen LogP contribution is -2.39. The third kappa shape index (κ3) is 3.46. The summed E-state index contributed by atoms with van der Waals surface area (Å²) in [4.78, 5) is 19.1. The highest BCUT2D eigenvalue weighted by atomic mass is 16.2. The van der Waals surface area contributed by atoms with Gasteiger partial charge in [0.15, 0.2) is 0 Å². The van der Waals surface area contributed by atoms with Gasteiger partial charge in [0.05, 0.1) is 0 Å². The predicted molar refractivity (Wildman–Crippen MR) is 91.4 cm³/mol. The number of benzene rings is 1. The van der Waals surface area contributed by atoms with Crippen molar-refractivity contribution in [1.82, 2.24) is 14.5 Å². The quantitative estimate of drug-likeness (QED) is 0.869. The first-order chi connectivity index (χ1) is 11.2. The number of nitrogens with zero attached hydrogens (tertiary/aromatic N) is 3. The highest BCUT2D eigenvalue weighted by Gasteiger charge is 2.24. The Morgan fingerprint density at radius 2 is 2.00 bits per heavy atom. The average Bonchev–Trinajstić information content (AvgIpc) is 3.02. The van der Waals surface area contributed by atoms with Crippen LogP contribution < -0.4 is 0 Å². The van der Waals surface area contributed by atoms with Gasteiger partial charge in [0.25, 0.3) is 5.91 Å². The first kappa shape index (κ1) is 15.8. The minimum atomic E-state index is 0.179. The normalized spacial score (nSPS) is 15.8. The van der Waals surface area contributed by atoms with E-state index in [-0.39, 0.29) is 5.91 Å². The van der Waals surface area contributed by atoms with Gasteiger partial charge >= 0.3 is 0 Å². The van der Waals surface area contributed by atoms with Gasteiger partial charge in [-0.1, -0.05) is 25.1 Å². The number of carbonyl (C=O) groups excluding carboxylic acids is 1. The number of hydrogen-bond acceptors (Lipinski definition) is 2. The van der Waals surface area contributed by atoms with Crippen LogP contribution in [0.1, 0.15) is 41.5 Å². The van der Waals surface area contributed by atoms with Gasteiger partial charge in [-0.3, -0.25) is 4.79 Å². The van der Waals surface area contributed by atoms with E-state index in [0.29, 0.717) is 5.92 Å². The van der Waals surface area contributed by atoms with Gasteiger partial charge in [0.2, 0.25) is 0 Å². The van der Waals surface area contributed by atoms with E-state index in [1.165, 1.54) is 0 Å². The third-order valence-corrected chi connectivity index (χ3v) is 4.85. The van der Waals surface area contributed by atoms with Crippen LogP contribution in [0.2, 0.25) is 0 Å². The van der Waals surface area contributed by atoms with Crippen molar-refractivity contribution in [3.63, 3.8) is 0 Å². The van der Waals surface area contributed by atoms with Gasteiger partial charge in [0, 0.05) is 44.0 Å². The van der Waals surface area contributed by atoms with Crippen LogP contribution in [0.5, 0.6) is 0 Å². The standard InChI is InChI=1S/C19H25N3O/c1-3-18-20-10-13-22(18)14-16-8-11-21(12-9-16)19(23)17-7-5-4-6-15(17)2/h4-7,10,13,16H,3,8-9,11-12,14H2,1-2H3. The molecular weight excluding hydrogens is 286 g/mol. The first-order valence-electron chi connectivity index (χ1n) is 8.54. The zero-order chi connectivity index (χ0) is 16.2. The highest BCUT2D eigenvalue weighted by Crippen LogP contribution is 2.22. The molecule has 1 aromatic carbocycles. The lowest BCUT2D eigenvalue weighted by molar-refractivity contribution is 0.0682. The molecule has 2 aromatic rings. The zero-order valence-corrected chi connectivity index (χ0v) is 14.0. The van der Waals surface area contributed by atoms with Gasteiger partial charge in [-0.15, -0.1) is 0 Å². The van der Waals surface area contributed by atoms with E-state index in [1.54, 1.807) is 0 Å². The summed E-state index contributed by atoms with van der Waals surface area (Å²) >= 11 is 0. The monoisotopic (exact) mass is 311 g/mol. The number of carbonyl (C=O) groups is 1. The number of rotatable bonds is 4. The number of imidazole rings is 1. The smallest absolute Gasteiger partial charge is 0.254 e. The van der Waals surface area contributed by atoms with Gasteiger partial charge in [-0.05, 0) is 37.3 Å². The highest BCUT2D eigenvalue weighted by molar-refractivity contribution is 5.95. The molecule has 0 N–H and O–H groups in total. The largest absolute Gasteiger partial charge is 0.339 e. The zero-order valence-electron chi connectivity index (χ0n) is 14.0. The molecule has 0 saturated carbocycles. The Morgan fingerprint density at radius 1 is 1.26 bits per heavy atom. The summed E-state index contributed by atoms with van der Waals surface area (Å²) in [7, 11) is 0. The molecule has 0 aliphatic carbocycles. The van der Waals surface area contributed by atoms with E-state index in [2.05, 4.69) is 22.7 Å². The summed E-state index contributed by atoms with van der Waals surface area (Å²) in [6.45, 7) is 6.88. The molecule has 1 saturated heterocycles. The minimum Gasteiger partial charge on any atom is -0.339 e. The fraction of sp³-hybridized carbons (Fsp3) is 0.474. The van der Waals surface area contributed by atoms with E-state index in [1.807, 2.05) is 42.3 Å². The molecule has 0 atom stereocenters. The molecule has 1 aliphatic rings. The summed E-state index contributed by atoms with van der Waals surface area (Å²) in [5, 5.41) is 0. The van der Waals surface area contributed by atoms with Crippen LogP contribution in [0.25, 0.3) is 0 Å². The van der Waals surface area contributed by atoms with Crippen LogP contribution in [-0.2, 0) is 13.0 Å². The summed E-state index contributed by atoms with van der Waals surface area (Å²) in [6.07, 6.45) is 7.06. The summed E-state index contributed by atoms with van der Waals surface area (Å²) in [6, 6.07) is 7.86. The van der Waals surface area contributed by atoms with E-state index >= 15 is 0 Å². The predicted octanol–water partition coefficient (Wildman–Crippen LogP) is 3.31. The number of likely N-dealkylation sites (tertiary alicyclic amines) is 1. The molecule has 4 nitrogen and oxygen atoms in total. The lowest BCUT2D eigenvalue weighted by Gasteiger charge is -2.32. The molecule has 3 rings (SSSR count). The van der Waals surface area contributed by atoms with E-state index in [0.717, 1.165) is 55.8 Å². The molecule has 1 amide bonds. The molecule has 122 valence electrons. The van der Waals surface area contributed by atoms with Gasteiger partial charge in [0.1, 0.15) is 5.82 Å². The molecule has 23 heavy (non-hydrogen) atoms. The fourth-order valence-electron chi connectivity index (χ4n) is 3.40. The van der Waals surface area contributed by atoms with Crippen LogP contribution in [0.15, 0.2) is 36.7 Å². The van der Waals surface area contributed by atoms with Crippen molar-refractivity contribution in [3.8, 4) is 0 Å². The number of amides is 1. The molecule has 0 spiro atoms. The van der Waals surface area contributed by atoms with Gasteiger partial charge < -0.3 is 9.47 Å². The molecule has 0 bridgehead atoms. The van der Waals surface area contributed by atoms with Crippen molar-refractivity contribution in [3.05, 3.63) is 53.6 Å². The number of hydrogen-bond donors (Lipinski definition) is 0. The molecule has 1 aromatic heterocycles. The Balaban J connectivity index is 1.58. The molecule has 0 unspecified atom stereocenters. The number of piperidine rings is 1. The maximum atomic E-state index is 12.7. The Kier molecular flexibility index (Phi) is 4.79. The summed E-state index contributed by atoms with van der Waals surface area (Å²) < 4.78 is 2.27. The molecule has 4 heteroatoms. The SMILES string of the molecule is CCc1nccn1CC1CCN(C(=O)c2ccccc2C)CC1. The van der Waals surface area contributed by atoms with Crippen molar-refractivity contribution in [2.24, 2.45) is 5.92 Å². The minimum absolute atomic E-state index is 0.179. The topological polar surface area (TPSA) is 38.1 Å². The molecular formula is C19H25N3O. The second-order valence-corrected chi connectivity index (χ2v) is 6.40. The van der Waals surface area contributed by atoms with Crippen molar-refractivity contribution < 1.29 is 4.79 Å². The molecule has 2 heterocycles. The Hall–Kier alpha value is -2.10. The van der Waals surface area contributed by atoms with E-state index < -0.39 is 0 Å². The molecule has 1 fully saturated rings. The second kappa shape index (κ2) is 6.99. The number of aromatic nitrogens is 2. The van der Waals surface area contributed by atoms with Crippen molar-refractivity contribution >= 4 is 5.91 Å². The van der Waals surface area contributed by atoms with Crippen LogP contribution in [-0.4, -0.2) is 33.4 Å². The molecule has 1 aliphatic heterocycles. The van der Waals surface area contributed by atoms with E-state index in [4.69, 9.17) is 0 Å². The van der Waals surface area contributed by atoms with Crippen LogP contribution in [0.4, 0.5) is 0 Å². The van der Waals surface area contributed by atoms with Crippen molar-refractivity contribution in [2.45, 2.75) is 39.7 Å². The van der Waals surface area contributed by atoms with Crippen LogP contribution in [0.3, 0.4) is 0 Å². The summed E-state index contributed by atoms with van der Waals surface area (Å²) in [5.74, 6) is 1.97. The first-order valence-corrected chi connectivity index (χ1v) is 8.54. The fourth-order valence-corrected chi connectivity index (χ4v) is 3.40. The van der Waals surface area contributed by atoms with Gasteiger partial charge in [-0.2, -0.15) is 0 Å². The second-order valence-electron chi connectivity index (χ2n) is 6.40. The lowest BCUT2D eigenvalue weighted by atomic mass is 9.95. The Labute approximate surface area is 138 Å². The van der Waals surface area contributed by atoms with Crippen molar-refractivity contribution in [2.75, 3.05) is 13.1 Å². The average molecular weight is 311 g/mol. The maximum absolute atomic E-state index is 12.7. The Bertz CT molecular complexity index is 669. The maximum Gasteiger partial charge on any atom is 0.254 e. The van der Waals surface area contributed by atoms with Crippen molar-refractivity contribution in [1.29, 1.82) is 0 Å².